The van der Waals surface area contributed by atoms with Gasteiger partial charge in [-0.15, -0.1) is 0 Å². The summed E-state index contributed by atoms with van der Waals surface area (Å²) < 4.78 is 5.82. The first-order valence-electron chi connectivity index (χ1n) is 4.61. The van der Waals surface area contributed by atoms with Gasteiger partial charge in [0.05, 0.1) is 6.10 Å². The van der Waals surface area contributed by atoms with Crippen molar-refractivity contribution in [3.8, 4) is 0 Å². The molecule has 0 spiro atoms. The van der Waals surface area contributed by atoms with Gasteiger partial charge in [-0.1, -0.05) is 18.6 Å². The van der Waals surface area contributed by atoms with Gasteiger partial charge in [0, 0.05) is 0 Å². The Morgan fingerprint density at radius 2 is 2.18 bits per heavy atom. The third kappa shape index (κ3) is 3.73. The summed E-state index contributed by atoms with van der Waals surface area (Å²) in [7, 11) is -0.815. The summed E-state index contributed by atoms with van der Waals surface area (Å²) in [5.74, 6) is 0. The molecule has 1 atom stereocenters. The Balaban J connectivity index is 2.30. The van der Waals surface area contributed by atoms with Crippen molar-refractivity contribution in [2.45, 2.75) is 44.9 Å². The van der Waals surface area contributed by atoms with E-state index in [9.17, 15) is 0 Å². The lowest BCUT2D eigenvalue weighted by atomic mass is 10.2. The Morgan fingerprint density at radius 3 is 2.91 bits per heavy atom. The summed E-state index contributed by atoms with van der Waals surface area (Å²) in [6.45, 7) is 4.47. The van der Waals surface area contributed by atoms with Gasteiger partial charge in [0.25, 0.3) is 0 Å². The molecule has 0 aromatic carbocycles. The molecule has 0 amide bonds. The number of hydrogen-bond donors (Lipinski definition) is 0. The average Bonchev–Trinajstić information content (AvgIpc) is 2.14. The van der Waals surface area contributed by atoms with Gasteiger partial charge in [0.2, 0.25) is 0 Å². The molecule has 1 aliphatic rings. The standard InChI is InChI=1S/C9H18OSi/c1-11(2)10-9-7-5-3-4-6-8-9/h5,7,9,11H,3-4,6,8H2,1-2H3. The SMILES string of the molecule is C[SiH](C)OC1C=CCCCC1. The monoisotopic (exact) mass is 170 g/mol. The van der Waals surface area contributed by atoms with E-state index in [1.165, 1.54) is 25.7 Å². The van der Waals surface area contributed by atoms with E-state index in [1.807, 2.05) is 0 Å². The fourth-order valence-electron chi connectivity index (χ4n) is 1.41. The van der Waals surface area contributed by atoms with Crippen molar-refractivity contribution in [2.75, 3.05) is 0 Å². The largest absolute Gasteiger partial charge is 0.414 e. The van der Waals surface area contributed by atoms with Crippen molar-refractivity contribution in [1.82, 2.24) is 0 Å². The fourth-order valence-corrected chi connectivity index (χ4v) is 2.34. The van der Waals surface area contributed by atoms with Gasteiger partial charge in [-0.05, 0) is 32.4 Å². The molecule has 0 bridgehead atoms. The quantitative estimate of drug-likeness (QED) is 0.457. The Bertz CT molecular complexity index is 132. The molecule has 0 fully saturated rings. The highest BCUT2D eigenvalue weighted by molar-refractivity contribution is 6.48. The molecule has 1 unspecified atom stereocenters. The van der Waals surface area contributed by atoms with Gasteiger partial charge in [0.15, 0.2) is 9.04 Å². The van der Waals surface area contributed by atoms with Crippen LogP contribution in [0.4, 0.5) is 0 Å². The molecule has 0 radical (unpaired) electrons. The summed E-state index contributed by atoms with van der Waals surface area (Å²) >= 11 is 0. The highest BCUT2D eigenvalue weighted by Crippen LogP contribution is 2.14. The second-order valence-electron chi connectivity index (χ2n) is 3.44. The average molecular weight is 170 g/mol. The summed E-state index contributed by atoms with van der Waals surface area (Å²) in [6.07, 6.45) is 10.1. The molecule has 0 saturated carbocycles. The van der Waals surface area contributed by atoms with Crippen molar-refractivity contribution in [3.05, 3.63) is 12.2 Å². The second-order valence-corrected chi connectivity index (χ2v) is 5.81. The summed E-state index contributed by atoms with van der Waals surface area (Å²) in [5.41, 5.74) is 0. The molecule has 0 aromatic heterocycles. The first-order valence-corrected chi connectivity index (χ1v) is 7.39. The predicted molar refractivity (Wildman–Crippen MR) is 51.4 cm³/mol. The van der Waals surface area contributed by atoms with Crippen molar-refractivity contribution < 1.29 is 4.43 Å². The lowest BCUT2D eigenvalue weighted by molar-refractivity contribution is 0.241. The molecule has 0 aliphatic heterocycles. The van der Waals surface area contributed by atoms with Gasteiger partial charge in [-0.3, -0.25) is 0 Å². The molecule has 1 rings (SSSR count). The second kappa shape index (κ2) is 4.73. The van der Waals surface area contributed by atoms with Crippen LogP contribution in [0.15, 0.2) is 12.2 Å². The Morgan fingerprint density at radius 1 is 1.36 bits per heavy atom. The van der Waals surface area contributed by atoms with Crippen LogP contribution in [0.1, 0.15) is 25.7 Å². The van der Waals surface area contributed by atoms with E-state index in [4.69, 9.17) is 4.43 Å². The molecule has 0 aromatic rings. The van der Waals surface area contributed by atoms with Gasteiger partial charge < -0.3 is 4.43 Å². The van der Waals surface area contributed by atoms with Crippen LogP contribution in [0.3, 0.4) is 0 Å². The zero-order valence-electron chi connectivity index (χ0n) is 7.55. The topological polar surface area (TPSA) is 9.23 Å². The maximum absolute atomic E-state index is 5.82. The molecule has 0 heterocycles. The lowest BCUT2D eigenvalue weighted by Crippen LogP contribution is -2.17. The fraction of sp³-hybridized carbons (Fsp3) is 0.778. The summed E-state index contributed by atoms with van der Waals surface area (Å²) in [5, 5.41) is 0. The van der Waals surface area contributed by atoms with E-state index in [2.05, 4.69) is 25.2 Å². The van der Waals surface area contributed by atoms with E-state index >= 15 is 0 Å². The number of rotatable bonds is 2. The van der Waals surface area contributed by atoms with Crippen LogP contribution in [0, 0.1) is 0 Å². The minimum absolute atomic E-state index is 0.448. The Hall–Kier alpha value is -0.0831. The number of allylic oxidation sites excluding steroid dienone is 1. The zero-order chi connectivity index (χ0) is 8.10. The van der Waals surface area contributed by atoms with Gasteiger partial charge in [-0.25, -0.2) is 0 Å². The van der Waals surface area contributed by atoms with Crippen LogP contribution >= 0.6 is 0 Å². The third-order valence-corrected chi connectivity index (χ3v) is 2.80. The summed E-state index contributed by atoms with van der Waals surface area (Å²) in [4.78, 5) is 0. The van der Waals surface area contributed by atoms with Crippen molar-refractivity contribution in [2.24, 2.45) is 0 Å². The molecule has 2 heteroatoms. The molecule has 11 heavy (non-hydrogen) atoms. The minimum atomic E-state index is -0.815. The first-order chi connectivity index (χ1) is 5.29. The van der Waals surface area contributed by atoms with E-state index < -0.39 is 9.04 Å². The molecular weight excluding hydrogens is 152 g/mol. The zero-order valence-corrected chi connectivity index (χ0v) is 8.70. The van der Waals surface area contributed by atoms with Crippen molar-refractivity contribution in [1.29, 1.82) is 0 Å². The molecule has 64 valence electrons. The van der Waals surface area contributed by atoms with Gasteiger partial charge in [-0.2, -0.15) is 0 Å². The predicted octanol–water partition coefficient (Wildman–Crippen LogP) is 2.49. The van der Waals surface area contributed by atoms with Crippen LogP contribution in [0.25, 0.3) is 0 Å². The van der Waals surface area contributed by atoms with Crippen LogP contribution in [-0.4, -0.2) is 15.1 Å². The van der Waals surface area contributed by atoms with E-state index in [-0.39, 0.29) is 0 Å². The maximum Gasteiger partial charge on any atom is 0.171 e. The third-order valence-electron chi connectivity index (χ3n) is 1.91. The van der Waals surface area contributed by atoms with Crippen LogP contribution < -0.4 is 0 Å². The van der Waals surface area contributed by atoms with Crippen LogP contribution in [0.5, 0.6) is 0 Å². The Kier molecular flexibility index (Phi) is 3.87. The van der Waals surface area contributed by atoms with E-state index in [0.29, 0.717) is 6.10 Å². The smallest absolute Gasteiger partial charge is 0.171 e. The summed E-state index contributed by atoms with van der Waals surface area (Å²) in [6, 6.07) is 0. The molecular formula is C9H18OSi. The van der Waals surface area contributed by atoms with Crippen molar-refractivity contribution >= 4 is 9.04 Å². The van der Waals surface area contributed by atoms with Crippen LogP contribution in [-0.2, 0) is 4.43 Å². The molecule has 1 aliphatic carbocycles. The highest BCUT2D eigenvalue weighted by Gasteiger charge is 2.08. The molecule has 1 nitrogen and oxygen atoms in total. The maximum atomic E-state index is 5.82. The molecule has 0 saturated heterocycles. The van der Waals surface area contributed by atoms with Gasteiger partial charge in [0.1, 0.15) is 0 Å². The minimum Gasteiger partial charge on any atom is -0.414 e. The van der Waals surface area contributed by atoms with Crippen LogP contribution in [0.2, 0.25) is 13.1 Å². The first kappa shape index (κ1) is 9.01. The molecule has 0 N–H and O–H groups in total. The lowest BCUT2D eigenvalue weighted by Gasteiger charge is -2.14. The normalized spacial score (nSPS) is 25.5. The number of hydrogen-bond acceptors (Lipinski definition) is 1. The van der Waals surface area contributed by atoms with Crippen molar-refractivity contribution in [3.63, 3.8) is 0 Å². The van der Waals surface area contributed by atoms with E-state index in [1.54, 1.807) is 0 Å². The van der Waals surface area contributed by atoms with E-state index in [0.717, 1.165) is 0 Å². The van der Waals surface area contributed by atoms with Gasteiger partial charge >= 0.3 is 0 Å². The highest BCUT2D eigenvalue weighted by atomic mass is 28.3. The Labute approximate surface area is 71.2 Å².